The summed E-state index contributed by atoms with van der Waals surface area (Å²) >= 11 is 0. The van der Waals surface area contributed by atoms with E-state index in [2.05, 4.69) is 9.69 Å². The first-order valence-corrected chi connectivity index (χ1v) is 10.3. The zero-order valence-electron chi connectivity index (χ0n) is 18.3. The van der Waals surface area contributed by atoms with E-state index in [1.54, 1.807) is 0 Å². The maximum absolute atomic E-state index is 13.7. The largest absolute Gasteiger partial charge is 0.334 e. The van der Waals surface area contributed by atoms with Gasteiger partial charge in [-0.15, -0.1) is 0 Å². The molecule has 3 rings (SSSR count). The van der Waals surface area contributed by atoms with Gasteiger partial charge < -0.3 is 9.69 Å². The van der Waals surface area contributed by atoms with Crippen molar-refractivity contribution < 1.29 is 23.2 Å². The van der Waals surface area contributed by atoms with Crippen LogP contribution in [0.25, 0.3) is 21.8 Å². The van der Waals surface area contributed by atoms with E-state index in [9.17, 15) is 23.2 Å². The first kappa shape index (κ1) is 24.2. The monoisotopic (exact) mass is 459 g/mol. The molecule has 0 saturated carbocycles. The molecule has 2 aromatic rings. The second-order valence-electron chi connectivity index (χ2n) is 7.77. The van der Waals surface area contributed by atoms with Crippen molar-refractivity contribution in [2.45, 2.75) is 19.8 Å². The molecule has 1 aliphatic rings. The molecular weight excluding hydrogens is 440 g/mol. The van der Waals surface area contributed by atoms with E-state index >= 15 is 0 Å². The van der Waals surface area contributed by atoms with Crippen LogP contribution in [-0.2, 0) is 14.4 Å². The van der Waals surface area contributed by atoms with Gasteiger partial charge in [-0.3, -0.25) is 9.59 Å². The third-order valence-electron chi connectivity index (χ3n) is 5.21. The lowest BCUT2D eigenvalue weighted by molar-refractivity contribution is -0.133. The van der Waals surface area contributed by atoms with Gasteiger partial charge in [-0.1, -0.05) is 12.1 Å². The zero-order chi connectivity index (χ0) is 24.8. The van der Waals surface area contributed by atoms with Crippen LogP contribution < -0.4 is 0 Å². The zero-order valence-corrected chi connectivity index (χ0v) is 18.3. The Morgan fingerprint density at radius 3 is 1.79 bits per heavy atom. The fraction of sp³-hybridized carbons (Fsp3) is 0.192. The summed E-state index contributed by atoms with van der Waals surface area (Å²) in [6.45, 7) is 15.5. The van der Waals surface area contributed by atoms with Gasteiger partial charge in [0.05, 0.1) is 13.1 Å². The maximum Gasteiger partial charge on any atom is 0.223 e. The number of piperidine rings is 1. The van der Waals surface area contributed by atoms with Crippen LogP contribution in [0, 0.1) is 24.8 Å². The number of hydrogen-bond acceptors (Lipinski definition) is 3. The molecule has 0 N–H and O–H groups in total. The smallest absolute Gasteiger partial charge is 0.223 e. The molecule has 0 radical (unpaired) electrons. The highest BCUT2D eigenvalue weighted by molar-refractivity contribution is 6.15. The Labute approximate surface area is 195 Å². The number of Topliss-reactive ketones (excluding diaryl/α,β-unsaturated/α-hetero) is 2. The summed E-state index contributed by atoms with van der Waals surface area (Å²) in [6, 6.07) is 7.72. The predicted octanol–water partition coefficient (Wildman–Crippen LogP) is 5.31. The highest BCUT2D eigenvalue weighted by Gasteiger charge is 2.29. The molecule has 34 heavy (non-hydrogen) atoms. The number of amides is 1. The summed E-state index contributed by atoms with van der Waals surface area (Å²) in [5, 5.41) is 0. The number of rotatable bonds is 5. The highest BCUT2D eigenvalue weighted by Crippen LogP contribution is 2.27. The van der Waals surface area contributed by atoms with Crippen molar-refractivity contribution in [1.82, 2.24) is 4.90 Å². The van der Waals surface area contributed by atoms with Crippen LogP contribution in [0.5, 0.6) is 0 Å². The quantitative estimate of drug-likeness (QED) is 0.450. The highest BCUT2D eigenvalue weighted by atomic mass is 19.1. The van der Waals surface area contributed by atoms with Crippen molar-refractivity contribution in [2.24, 2.45) is 0 Å². The maximum atomic E-state index is 13.7. The summed E-state index contributed by atoms with van der Waals surface area (Å²) in [6.07, 6.45) is 3.04. The summed E-state index contributed by atoms with van der Waals surface area (Å²) in [7, 11) is 0. The molecule has 2 aromatic carbocycles. The molecule has 0 spiro atoms. The molecule has 1 saturated heterocycles. The molecule has 1 fully saturated rings. The molecule has 170 valence electrons. The van der Waals surface area contributed by atoms with Crippen LogP contribution in [0.1, 0.15) is 30.9 Å². The number of likely N-dealkylation sites (tertiary alicyclic amines) is 1. The number of halogens is 2. The second kappa shape index (κ2) is 10.5. The third-order valence-corrected chi connectivity index (χ3v) is 5.21. The van der Waals surface area contributed by atoms with E-state index in [4.69, 9.17) is 13.1 Å². The lowest BCUT2D eigenvalue weighted by atomic mass is 9.93. The van der Waals surface area contributed by atoms with Crippen molar-refractivity contribution in [3.8, 4) is 0 Å². The summed E-state index contributed by atoms with van der Waals surface area (Å²) in [4.78, 5) is 44.9. The van der Waals surface area contributed by atoms with Crippen LogP contribution in [0.4, 0.5) is 20.2 Å². The molecule has 6 nitrogen and oxygen atoms in total. The minimum atomic E-state index is -0.680. The molecule has 1 heterocycles. The van der Waals surface area contributed by atoms with E-state index in [1.165, 1.54) is 48.2 Å². The molecule has 8 heteroatoms. The lowest BCUT2D eigenvalue weighted by Gasteiger charge is -2.30. The van der Waals surface area contributed by atoms with Crippen molar-refractivity contribution in [1.29, 1.82) is 0 Å². The average molecular weight is 459 g/mol. The first-order valence-electron chi connectivity index (χ1n) is 10.3. The minimum absolute atomic E-state index is 0.0130. The fourth-order valence-corrected chi connectivity index (χ4v) is 3.47. The molecule has 0 aliphatic carbocycles. The standard InChI is InChI=1S/C26H19F2N3O3/c1-16(32)4-9-25(33)31-14-19(10-17-5-7-21(27)23(12-17)29-2)26(34)20(15-31)11-18-6-8-22(28)24(13-18)30-3/h5-8,10-13H,4,9,14-15H2,1H3/b19-10+,20-11+. The number of benzene rings is 2. The Morgan fingerprint density at radius 2 is 1.38 bits per heavy atom. The van der Waals surface area contributed by atoms with Gasteiger partial charge in [-0.25, -0.2) is 18.5 Å². The number of carbonyl (C=O) groups is 3. The van der Waals surface area contributed by atoms with E-state index in [1.807, 2.05) is 0 Å². The Hall–Kier alpha value is -4.43. The van der Waals surface area contributed by atoms with Gasteiger partial charge in [-0.05, 0) is 54.5 Å². The Balaban J connectivity index is 2.02. The van der Waals surface area contributed by atoms with Gasteiger partial charge >= 0.3 is 0 Å². The van der Waals surface area contributed by atoms with Crippen molar-refractivity contribution in [3.05, 3.63) is 93.1 Å². The topological polar surface area (TPSA) is 63.2 Å². The van der Waals surface area contributed by atoms with Crippen molar-refractivity contribution in [2.75, 3.05) is 13.1 Å². The average Bonchev–Trinajstić information content (AvgIpc) is 2.82. The number of ketones is 2. The molecule has 0 aromatic heterocycles. The second-order valence-corrected chi connectivity index (χ2v) is 7.77. The van der Waals surface area contributed by atoms with E-state index in [-0.39, 0.29) is 65.9 Å². The first-order chi connectivity index (χ1) is 16.2. The summed E-state index contributed by atoms with van der Waals surface area (Å²) in [5.41, 5.74) is 0.935. The van der Waals surface area contributed by atoms with Crippen LogP contribution in [0.2, 0.25) is 0 Å². The van der Waals surface area contributed by atoms with Crippen LogP contribution >= 0.6 is 0 Å². The molecule has 0 bridgehead atoms. The number of carbonyl (C=O) groups excluding carboxylic acids is 3. The summed E-state index contributed by atoms with van der Waals surface area (Å²) in [5.74, 6) is -2.18. The number of nitrogens with zero attached hydrogens (tertiary/aromatic N) is 3. The van der Waals surface area contributed by atoms with Crippen LogP contribution in [0.15, 0.2) is 47.5 Å². The van der Waals surface area contributed by atoms with E-state index < -0.39 is 11.6 Å². The summed E-state index contributed by atoms with van der Waals surface area (Å²) < 4.78 is 27.4. The fourth-order valence-electron chi connectivity index (χ4n) is 3.47. The molecule has 0 atom stereocenters. The Morgan fingerprint density at radius 1 is 0.912 bits per heavy atom. The molecule has 1 aliphatic heterocycles. The van der Waals surface area contributed by atoms with Gasteiger partial charge in [0.15, 0.2) is 5.78 Å². The normalized spacial score (nSPS) is 15.8. The van der Waals surface area contributed by atoms with Crippen molar-refractivity contribution in [3.63, 3.8) is 0 Å². The van der Waals surface area contributed by atoms with E-state index in [0.717, 1.165) is 12.1 Å². The van der Waals surface area contributed by atoms with Gasteiger partial charge in [0, 0.05) is 37.1 Å². The van der Waals surface area contributed by atoms with Crippen LogP contribution in [0.3, 0.4) is 0 Å². The van der Waals surface area contributed by atoms with Crippen molar-refractivity contribution >= 4 is 41.0 Å². The van der Waals surface area contributed by atoms with E-state index in [0.29, 0.717) is 11.1 Å². The lowest BCUT2D eigenvalue weighted by Crippen LogP contribution is -2.41. The SMILES string of the molecule is [C-]#[N+]c1cc(/C=C2\CN(C(=O)CCC(C)=O)C/C(=C\c3ccc(F)c([N+]#[C-])c3)C2=O)ccc1F. The predicted molar refractivity (Wildman–Crippen MR) is 123 cm³/mol. The Kier molecular flexibility index (Phi) is 7.45. The van der Waals surface area contributed by atoms with Crippen LogP contribution in [-0.4, -0.2) is 35.5 Å². The van der Waals surface area contributed by atoms with Gasteiger partial charge in [0.2, 0.25) is 17.3 Å². The van der Waals surface area contributed by atoms with Gasteiger partial charge in [0.1, 0.15) is 17.4 Å². The van der Waals surface area contributed by atoms with Gasteiger partial charge in [-0.2, -0.15) is 0 Å². The number of hydrogen-bond donors (Lipinski definition) is 0. The van der Waals surface area contributed by atoms with Gasteiger partial charge in [0.25, 0.3) is 0 Å². The Bertz CT molecular complexity index is 1240. The minimum Gasteiger partial charge on any atom is -0.334 e. The molecule has 1 amide bonds. The third kappa shape index (κ3) is 5.67. The molecule has 0 unspecified atom stereocenters. The molecular formula is C26H19F2N3O3.